The van der Waals surface area contributed by atoms with E-state index in [0.717, 1.165) is 39.3 Å². The van der Waals surface area contributed by atoms with Crippen molar-refractivity contribution in [2.45, 2.75) is 48.9 Å². The lowest BCUT2D eigenvalue weighted by atomic mass is 9.52. The van der Waals surface area contributed by atoms with Gasteiger partial charge in [-0.25, -0.2) is 9.97 Å². The van der Waals surface area contributed by atoms with E-state index in [4.69, 9.17) is 23.2 Å². The number of benzene rings is 1. The quantitative estimate of drug-likeness (QED) is 0.652. The maximum Gasteiger partial charge on any atom is 0.144 e. The number of anilines is 1. The lowest BCUT2D eigenvalue weighted by molar-refractivity contribution is -0.0185. The first-order chi connectivity index (χ1) is 12.0. The summed E-state index contributed by atoms with van der Waals surface area (Å²) in [6.07, 6.45) is 8.90. The van der Waals surface area contributed by atoms with Crippen molar-refractivity contribution in [2.24, 2.45) is 11.3 Å². The largest absolute Gasteiger partial charge is 0.369 e. The molecule has 0 amide bonds. The first-order valence-electron chi connectivity index (χ1n) is 8.74. The number of hydrogen-bond acceptors (Lipinski definition) is 4. The molecule has 0 radical (unpaired) electrons. The first-order valence-corrected chi connectivity index (χ1v) is 10.3. The first kappa shape index (κ1) is 17.4. The molecule has 0 atom stereocenters. The zero-order valence-corrected chi connectivity index (χ0v) is 16.5. The summed E-state index contributed by atoms with van der Waals surface area (Å²) in [5.74, 6) is 1.65. The van der Waals surface area contributed by atoms with Crippen molar-refractivity contribution in [3.8, 4) is 0 Å². The minimum atomic E-state index is 0.556. The van der Waals surface area contributed by atoms with Crippen LogP contribution in [-0.2, 0) is 0 Å². The molecule has 2 saturated carbocycles. The molecule has 1 N–H and O–H groups in total. The number of aromatic nitrogens is 2. The van der Waals surface area contributed by atoms with Crippen LogP contribution < -0.4 is 5.32 Å². The van der Waals surface area contributed by atoms with E-state index in [9.17, 15) is 0 Å². The van der Waals surface area contributed by atoms with E-state index >= 15 is 0 Å². The third kappa shape index (κ3) is 3.62. The van der Waals surface area contributed by atoms with Gasteiger partial charge in [0.25, 0.3) is 0 Å². The Balaban J connectivity index is 1.36. The topological polar surface area (TPSA) is 37.8 Å². The Morgan fingerprint density at radius 3 is 2.76 bits per heavy atom. The molecule has 1 heterocycles. The number of halogens is 2. The summed E-state index contributed by atoms with van der Waals surface area (Å²) in [4.78, 5) is 10.1. The Kier molecular flexibility index (Phi) is 4.87. The number of hydrogen-bond donors (Lipinski definition) is 1. The minimum Gasteiger partial charge on any atom is -0.369 e. The molecular weight excluding hydrogens is 373 g/mol. The van der Waals surface area contributed by atoms with E-state index in [-0.39, 0.29) is 0 Å². The van der Waals surface area contributed by atoms with Crippen LogP contribution in [0, 0.1) is 18.3 Å². The fourth-order valence-corrected chi connectivity index (χ4v) is 5.29. The zero-order valence-electron chi connectivity index (χ0n) is 14.2. The highest BCUT2D eigenvalue weighted by molar-refractivity contribution is 7.99. The number of nitrogens with zero attached hydrogens (tertiary/aromatic N) is 2. The highest BCUT2D eigenvalue weighted by Crippen LogP contribution is 2.58. The molecule has 25 heavy (non-hydrogen) atoms. The Morgan fingerprint density at radius 2 is 2.08 bits per heavy atom. The molecule has 0 unspecified atom stereocenters. The fraction of sp³-hybridized carbons (Fsp3) is 0.474. The predicted octanol–water partition coefficient (Wildman–Crippen LogP) is 6.24. The summed E-state index contributed by atoms with van der Waals surface area (Å²) in [6.45, 7) is 2.98. The van der Waals surface area contributed by atoms with Crippen molar-refractivity contribution in [3.63, 3.8) is 0 Å². The van der Waals surface area contributed by atoms with Gasteiger partial charge in [-0.1, -0.05) is 47.5 Å². The van der Waals surface area contributed by atoms with Crippen LogP contribution in [0.2, 0.25) is 10.0 Å². The van der Waals surface area contributed by atoms with Crippen LogP contribution in [0.4, 0.5) is 5.82 Å². The molecule has 3 nitrogen and oxygen atoms in total. The average molecular weight is 394 g/mol. The van der Waals surface area contributed by atoms with Crippen LogP contribution in [0.3, 0.4) is 0 Å². The van der Waals surface area contributed by atoms with Gasteiger partial charge in [-0.05, 0) is 56.1 Å². The SMILES string of the molecule is Cc1nc(NCC2CC3(CCC3)C2)cnc1Sc1cccc(Cl)c1Cl. The normalized spacial score (nSPS) is 18.7. The van der Waals surface area contributed by atoms with E-state index in [0.29, 0.717) is 10.0 Å². The van der Waals surface area contributed by atoms with Gasteiger partial charge in [0.15, 0.2) is 0 Å². The summed E-state index contributed by atoms with van der Waals surface area (Å²) in [6, 6.07) is 5.62. The van der Waals surface area contributed by atoms with Crippen molar-refractivity contribution < 1.29 is 0 Å². The molecule has 6 heteroatoms. The molecule has 2 aliphatic rings. The monoisotopic (exact) mass is 393 g/mol. The van der Waals surface area contributed by atoms with Crippen LogP contribution in [-0.4, -0.2) is 16.5 Å². The minimum absolute atomic E-state index is 0.556. The van der Waals surface area contributed by atoms with Crippen molar-refractivity contribution in [3.05, 3.63) is 40.1 Å². The van der Waals surface area contributed by atoms with E-state index < -0.39 is 0 Å². The molecule has 4 rings (SSSR count). The highest BCUT2D eigenvalue weighted by atomic mass is 35.5. The summed E-state index contributed by atoms with van der Waals surface area (Å²) >= 11 is 13.8. The molecule has 1 aromatic heterocycles. The highest BCUT2D eigenvalue weighted by Gasteiger charge is 2.47. The van der Waals surface area contributed by atoms with Gasteiger partial charge in [0.1, 0.15) is 10.8 Å². The number of nitrogens with one attached hydrogen (secondary N) is 1. The predicted molar refractivity (Wildman–Crippen MR) is 105 cm³/mol. The molecule has 0 aliphatic heterocycles. The maximum atomic E-state index is 6.26. The summed E-state index contributed by atoms with van der Waals surface area (Å²) in [5, 5.41) is 5.43. The molecule has 2 fully saturated rings. The third-order valence-corrected chi connectivity index (χ3v) is 7.54. The van der Waals surface area contributed by atoms with Gasteiger partial charge in [-0.3, -0.25) is 0 Å². The van der Waals surface area contributed by atoms with Crippen LogP contribution >= 0.6 is 35.0 Å². The Labute approximate surface area is 162 Å². The second-order valence-corrected chi connectivity index (χ2v) is 9.12. The maximum absolute atomic E-state index is 6.26. The molecule has 2 aromatic rings. The fourth-order valence-electron chi connectivity index (χ4n) is 3.97. The smallest absolute Gasteiger partial charge is 0.144 e. The molecule has 0 saturated heterocycles. The van der Waals surface area contributed by atoms with Crippen molar-refractivity contribution in [2.75, 3.05) is 11.9 Å². The van der Waals surface area contributed by atoms with Gasteiger partial charge in [-0.15, -0.1) is 0 Å². The molecule has 0 bridgehead atoms. The second kappa shape index (κ2) is 6.98. The van der Waals surface area contributed by atoms with Crippen LogP contribution in [0.5, 0.6) is 0 Å². The van der Waals surface area contributed by atoms with Crippen LogP contribution in [0.1, 0.15) is 37.8 Å². The summed E-state index contributed by atoms with van der Waals surface area (Å²) in [7, 11) is 0. The summed E-state index contributed by atoms with van der Waals surface area (Å²) < 4.78 is 0. The van der Waals surface area contributed by atoms with Gasteiger partial charge in [-0.2, -0.15) is 0 Å². The lowest BCUT2D eigenvalue weighted by Crippen LogP contribution is -2.45. The van der Waals surface area contributed by atoms with Gasteiger partial charge in [0.05, 0.1) is 21.9 Å². The lowest BCUT2D eigenvalue weighted by Gasteiger charge is -2.54. The van der Waals surface area contributed by atoms with E-state index in [1.54, 1.807) is 6.07 Å². The van der Waals surface area contributed by atoms with Crippen molar-refractivity contribution in [1.82, 2.24) is 9.97 Å². The third-order valence-electron chi connectivity index (χ3n) is 5.45. The molecule has 2 aliphatic carbocycles. The van der Waals surface area contributed by atoms with E-state index in [1.807, 2.05) is 25.3 Å². The molecule has 1 aromatic carbocycles. The van der Waals surface area contributed by atoms with Gasteiger partial charge >= 0.3 is 0 Å². The Hall–Kier alpha value is -0.970. The molecular formula is C19H21Cl2N3S. The summed E-state index contributed by atoms with van der Waals surface area (Å²) in [5.41, 5.74) is 1.63. The molecule has 1 spiro atoms. The average Bonchev–Trinajstić information content (AvgIpc) is 2.51. The van der Waals surface area contributed by atoms with Crippen LogP contribution in [0.15, 0.2) is 34.3 Å². The second-order valence-electron chi connectivity index (χ2n) is 7.31. The van der Waals surface area contributed by atoms with Crippen LogP contribution in [0.25, 0.3) is 0 Å². The zero-order chi connectivity index (χ0) is 17.4. The van der Waals surface area contributed by atoms with Gasteiger partial charge in [0, 0.05) is 11.4 Å². The Bertz CT molecular complexity index is 784. The van der Waals surface area contributed by atoms with Gasteiger partial charge < -0.3 is 5.32 Å². The van der Waals surface area contributed by atoms with Crippen molar-refractivity contribution >= 4 is 40.8 Å². The Morgan fingerprint density at radius 1 is 1.28 bits per heavy atom. The van der Waals surface area contributed by atoms with Gasteiger partial charge in [0.2, 0.25) is 0 Å². The number of rotatable bonds is 5. The standard InChI is InChI=1S/C19H21Cl2N3S/c1-12-18(25-15-5-2-4-14(20)17(15)21)23-11-16(24-12)22-10-13-8-19(9-13)6-3-7-19/h2,4-5,11,13H,3,6-10H2,1H3,(H,22,24). The number of aryl methyl sites for hydroxylation is 1. The van der Waals surface area contributed by atoms with E-state index in [2.05, 4.69) is 15.3 Å². The van der Waals surface area contributed by atoms with Crippen molar-refractivity contribution in [1.29, 1.82) is 0 Å². The molecule has 132 valence electrons. The van der Waals surface area contributed by atoms with E-state index in [1.165, 1.54) is 43.9 Å².